The molecule has 0 spiro atoms. The van der Waals surface area contributed by atoms with E-state index in [2.05, 4.69) is 44.2 Å². The molecule has 4 aromatic rings. The molecule has 1 aromatic carbocycles. The fraction of sp³-hybridized carbons (Fsp3) is 0.105. The minimum atomic E-state index is 0.249. The first-order valence-electron chi connectivity index (χ1n) is 8.16. The van der Waals surface area contributed by atoms with E-state index in [0.29, 0.717) is 0 Å². The van der Waals surface area contributed by atoms with Gasteiger partial charge in [-0.1, -0.05) is 12.1 Å². The van der Waals surface area contributed by atoms with Gasteiger partial charge in [-0.25, -0.2) is 15.0 Å². The molecule has 3 aromatic heterocycles. The number of rotatable bonds is 2. The average molecular weight is 375 g/mol. The van der Waals surface area contributed by atoms with Crippen molar-refractivity contribution in [3.63, 3.8) is 0 Å². The van der Waals surface area contributed by atoms with Crippen LogP contribution < -0.4 is 0 Å². The van der Waals surface area contributed by atoms with Gasteiger partial charge in [0.2, 0.25) is 0 Å². The van der Waals surface area contributed by atoms with Crippen LogP contribution in [0.25, 0.3) is 10.2 Å². The summed E-state index contributed by atoms with van der Waals surface area (Å²) in [5.41, 5.74) is 2.78. The molecule has 0 bridgehead atoms. The fourth-order valence-corrected chi connectivity index (χ4v) is 5.31. The van der Waals surface area contributed by atoms with E-state index in [1.54, 1.807) is 36.3 Å². The highest BCUT2D eigenvalue weighted by Crippen LogP contribution is 2.47. The first-order valence-corrected chi connectivity index (χ1v) is 9.85. The maximum absolute atomic E-state index is 4.91. The summed E-state index contributed by atoms with van der Waals surface area (Å²) in [5, 5.41) is 1.34. The summed E-state index contributed by atoms with van der Waals surface area (Å²) < 4.78 is 0. The van der Waals surface area contributed by atoms with Crippen LogP contribution in [0.4, 0.5) is 5.69 Å². The average Bonchev–Trinajstić information content (AvgIpc) is 3.03. The largest absolute Gasteiger partial charge is 0.261 e. The lowest BCUT2D eigenvalue weighted by Gasteiger charge is -2.13. The van der Waals surface area contributed by atoms with Gasteiger partial charge < -0.3 is 0 Å². The van der Waals surface area contributed by atoms with Gasteiger partial charge >= 0.3 is 0 Å². The van der Waals surface area contributed by atoms with E-state index in [-0.39, 0.29) is 5.25 Å². The number of hydrogen-bond acceptors (Lipinski definition) is 7. The number of fused-ring (bicyclic) bond motifs is 2. The van der Waals surface area contributed by atoms with E-state index in [4.69, 9.17) is 4.99 Å². The van der Waals surface area contributed by atoms with Gasteiger partial charge in [0.25, 0.3) is 0 Å². The Labute approximate surface area is 158 Å². The van der Waals surface area contributed by atoms with Crippen LogP contribution in [0.1, 0.15) is 22.2 Å². The maximum atomic E-state index is 4.91. The second kappa shape index (κ2) is 6.59. The van der Waals surface area contributed by atoms with E-state index in [1.165, 1.54) is 9.77 Å². The molecule has 1 unspecified atom stereocenters. The Morgan fingerprint density at radius 3 is 2.85 bits per heavy atom. The summed E-state index contributed by atoms with van der Waals surface area (Å²) in [7, 11) is 0. The van der Waals surface area contributed by atoms with Crippen LogP contribution in [0.5, 0.6) is 0 Å². The highest BCUT2D eigenvalue weighted by atomic mass is 32.2. The summed E-state index contributed by atoms with van der Waals surface area (Å²) in [5.74, 6) is 0. The third-order valence-electron chi connectivity index (χ3n) is 4.16. The first-order chi connectivity index (χ1) is 12.9. The van der Waals surface area contributed by atoms with E-state index < -0.39 is 0 Å². The minimum absolute atomic E-state index is 0.249. The number of benzene rings is 1. The Hall–Kier alpha value is -2.64. The molecular formula is C19H13N5S2. The molecule has 7 heteroatoms. The Morgan fingerprint density at radius 1 is 1.00 bits per heavy atom. The topological polar surface area (TPSA) is 63.9 Å². The smallest absolute Gasteiger partial charge is 0.126 e. The lowest BCUT2D eigenvalue weighted by Crippen LogP contribution is -2.06. The molecule has 126 valence electrons. The first kappa shape index (κ1) is 15.6. The minimum Gasteiger partial charge on any atom is -0.261 e. The third kappa shape index (κ3) is 2.89. The van der Waals surface area contributed by atoms with Gasteiger partial charge in [-0.2, -0.15) is 0 Å². The van der Waals surface area contributed by atoms with E-state index in [9.17, 15) is 0 Å². The van der Waals surface area contributed by atoms with Crippen molar-refractivity contribution in [3.05, 3.63) is 72.0 Å². The normalized spacial score (nSPS) is 16.8. The molecule has 5 nitrogen and oxygen atoms in total. The Morgan fingerprint density at radius 2 is 1.96 bits per heavy atom. The van der Waals surface area contributed by atoms with Gasteiger partial charge in [0.1, 0.15) is 16.9 Å². The van der Waals surface area contributed by atoms with Gasteiger partial charge in [0.05, 0.1) is 17.6 Å². The number of hydrogen-bond donors (Lipinski definition) is 0. The molecule has 1 atom stereocenters. The van der Waals surface area contributed by atoms with Crippen molar-refractivity contribution in [2.75, 3.05) is 0 Å². The van der Waals surface area contributed by atoms with Crippen molar-refractivity contribution in [3.8, 4) is 0 Å². The van der Waals surface area contributed by atoms with Crippen molar-refractivity contribution >= 4 is 44.7 Å². The molecule has 0 aliphatic carbocycles. The third-order valence-corrected chi connectivity index (χ3v) is 6.79. The SMILES string of the molecule is c1ccc2c(c1)N=C(c1cnccn1)CC(c1cc3cncnc3s1)S2. The van der Waals surface area contributed by atoms with Gasteiger partial charge in [-0.3, -0.25) is 9.97 Å². The predicted molar refractivity (Wildman–Crippen MR) is 105 cm³/mol. The number of nitrogens with zero attached hydrogens (tertiary/aromatic N) is 5. The highest BCUT2D eigenvalue weighted by molar-refractivity contribution is 7.99. The van der Waals surface area contributed by atoms with E-state index >= 15 is 0 Å². The molecule has 0 saturated carbocycles. The molecular weight excluding hydrogens is 362 g/mol. The van der Waals surface area contributed by atoms with Crippen LogP contribution in [0.15, 0.2) is 71.3 Å². The lowest BCUT2D eigenvalue weighted by atomic mass is 10.1. The molecule has 0 radical (unpaired) electrons. The number of para-hydroxylation sites is 1. The molecule has 26 heavy (non-hydrogen) atoms. The van der Waals surface area contributed by atoms with Crippen LogP contribution in [0.2, 0.25) is 0 Å². The number of aromatic nitrogens is 4. The van der Waals surface area contributed by atoms with E-state index in [0.717, 1.165) is 33.7 Å². The monoisotopic (exact) mass is 375 g/mol. The molecule has 0 saturated heterocycles. The zero-order chi connectivity index (χ0) is 17.3. The molecule has 1 aliphatic heterocycles. The van der Waals surface area contributed by atoms with Crippen LogP contribution in [0.3, 0.4) is 0 Å². The number of thiophene rings is 1. The van der Waals surface area contributed by atoms with Gasteiger partial charge in [-0.05, 0) is 18.2 Å². The predicted octanol–water partition coefficient (Wildman–Crippen LogP) is 4.84. The highest BCUT2D eigenvalue weighted by Gasteiger charge is 2.24. The van der Waals surface area contributed by atoms with Gasteiger partial charge in [-0.15, -0.1) is 23.1 Å². The Bertz CT molecular complexity index is 1070. The van der Waals surface area contributed by atoms with Gasteiger partial charge in [0, 0.05) is 45.4 Å². The second-order valence-electron chi connectivity index (χ2n) is 5.86. The van der Waals surface area contributed by atoms with Crippen LogP contribution >= 0.6 is 23.1 Å². The maximum Gasteiger partial charge on any atom is 0.126 e. The summed E-state index contributed by atoms with van der Waals surface area (Å²) in [4.78, 5) is 25.6. The van der Waals surface area contributed by atoms with Gasteiger partial charge in [0.15, 0.2) is 0 Å². The molecule has 0 N–H and O–H groups in total. The van der Waals surface area contributed by atoms with Crippen molar-refractivity contribution in [1.82, 2.24) is 19.9 Å². The Balaban J connectivity index is 1.62. The molecule has 5 rings (SSSR count). The van der Waals surface area contributed by atoms with Crippen LogP contribution in [-0.4, -0.2) is 25.6 Å². The van der Waals surface area contributed by atoms with Crippen LogP contribution in [0, 0.1) is 0 Å². The van der Waals surface area contributed by atoms with Crippen molar-refractivity contribution < 1.29 is 0 Å². The quantitative estimate of drug-likeness (QED) is 0.502. The fourth-order valence-electron chi connectivity index (χ4n) is 2.95. The summed E-state index contributed by atoms with van der Waals surface area (Å²) in [6.07, 6.45) is 9.44. The molecule has 0 amide bonds. The van der Waals surface area contributed by atoms with Crippen molar-refractivity contribution in [2.24, 2.45) is 4.99 Å². The Kier molecular flexibility index (Phi) is 3.95. The van der Waals surface area contributed by atoms with Crippen LogP contribution in [-0.2, 0) is 0 Å². The van der Waals surface area contributed by atoms with Crippen molar-refractivity contribution in [1.29, 1.82) is 0 Å². The summed E-state index contributed by atoms with van der Waals surface area (Å²) in [6.45, 7) is 0. The zero-order valence-corrected chi connectivity index (χ0v) is 15.2. The molecule has 0 fully saturated rings. The summed E-state index contributed by atoms with van der Waals surface area (Å²) in [6, 6.07) is 10.5. The van der Waals surface area contributed by atoms with E-state index in [1.807, 2.05) is 24.0 Å². The standard InChI is InChI=1S/C19H13N5S2/c1-2-4-16-13(3-1)24-14(15-10-20-5-6-22-15)8-18(25-16)17-7-12-9-21-11-23-19(12)26-17/h1-7,9-11,18H,8H2. The zero-order valence-electron chi connectivity index (χ0n) is 13.6. The molecule has 4 heterocycles. The number of aliphatic imine (C=N–C) groups is 1. The number of thioether (sulfide) groups is 1. The molecule has 1 aliphatic rings. The second-order valence-corrected chi connectivity index (χ2v) is 8.17. The van der Waals surface area contributed by atoms with Crippen molar-refractivity contribution in [2.45, 2.75) is 16.6 Å². The lowest BCUT2D eigenvalue weighted by molar-refractivity contribution is 1.02. The summed E-state index contributed by atoms with van der Waals surface area (Å²) >= 11 is 3.57.